The van der Waals surface area contributed by atoms with Crippen molar-refractivity contribution >= 4 is 50.5 Å². The number of ether oxygens (including phenoxy) is 1. The van der Waals surface area contributed by atoms with Crippen LogP contribution in [-0.4, -0.2) is 39.3 Å². The van der Waals surface area contributed by atoms with E-state index in [9.17, 15) is 18.0 Å². The molecule has 0 atom stereocenters. The molecule has 3 aromatic rings. The highest BCUT2D eigenvalue weighted by atomic mass is 35.5. The monoisotopic (exact) mass is 485 g/mol. The first kappa shape index (κ1) is 22.8. The molecule has 1 heterocycles. The standard InChI is InChI=1S/C23H20ClN3O5S/c24-20-11-8-18(14-21(20)26-23(29)16-4-2-1-3-5-16)25-22(28)17-6-9-19(10-7-17)27-15-32-12-13-33(27,30)31/h1-11,14H,12-13,15H2,(H,25,28)(H,26,29). The van der Waals surface area contributed by atoms with Crippen LogP contribution in [0.15, 0.2) is 72.8 Å². The number of nitrogens with zero attached hydrogens (tertiary/aromatic N) is 1. The molecule has 2 N–H and O–H groups in total. The number of sulfonamides is 1. The van der Waals surface area contributed by atoms with E-state index in [-0.39, 0.29) is 25.0 Å². The van der Waals surface area contributed by atoms with E-state index < -0.39 is 15.9 Å². The van der Waals surface area contributed by atoms with Gasteiger partial charge in [-0.2, -0.15) is 0 Å². The maximum absolute atomic E-state index is 12.7. The van der Waals surface area contributed by atoms with E-state index in [1.165, 1.54) is 16.4 Å². The number of hydrogen-bond donors (Lipinski definition) is 2. The number of nitrogens with one attached hydrogen (secondary N) is 2. The average Bonchev–Trinajstić information content (AvgIpc) is 2.81. The first-order valence-electron chi connectivity index (χ1n) is 9.99. The number of halogens is 1. The van der Waals surface area contributed by atoms with Gasteiger partial charge in [0.25, 0.3) is 11.8 Å². The Morgan fingerprint density at radius 3 is 2.24 bits per heavy atom. The van der Waals surface area contributed by atoms with Crippen molar-refractivity contribution in [2.75, 3.05) is 34.0 Å². The Morgan fingerprint density at radius 2 is 1.55 bits per heavy atom. The fraction of sp³-hybridized carbons (Fsp3) is 0.130. The Balaban J connectivity index is 1.46. The highest BCUT2D eigenvalue weighted by molar-refractivity contribution is 7.92. The normalized spacial score (nSPS) is 15.0. The van der Waals surface area contributed by atoms with Gasteiger partial charge < -0.3 is 15.4 Å². The molecule has 170 valence electrons. The van der Waals surface area contributed by atoms with Crippen molar-refractivity contribution in [1.29, 1.82) is 0 Å². The minimum absolute atomic E-state index is 0.0594. The number of benzene rings is 3. The van der Waals surface area contributed by atoms with E-state index in [1.54, 1.807) is 54.6 Å². The largest absolute Gasteiger partial charge is 0.359 e. The lowest BCUT2D eigenvalue weighted by Gasteiger charge is -2.28. The smallest absolute Gasteiger partial charge is 0.255 e. The van der Waals surface area contributed by atoms with Gasteiger partial charge in [0.1, 0.15) is 6.73 Å². The predicted octanol–water partition coefficient (Wildman–Crippen LogP) is 3.97. The van der Waals surface area contributed by atoms with Gasteiger partial charge in [-0.3, -0.25) is 9.59 Å². The molecule has 0 bridgehead atoms. The number of rotatable bonds is 5. The number of anilines is 3. The van der Waals surface area contributed by atoms with Crippen molar-refractivity contribution in [2.24, 2.45) is 0 Å². The maximum Gasteiger partial charge on any atom is 0.255 e. The first-order valence-corrected chi connectivity index (χ1v) is 12.0. The Labute approximate surface area is 196 Å². The lowest BCUT2D eigenvalue weighted by atomic mass is 10.1. The SMILES string of the molecule is O=C(Nc1ccc(Cl)c(NC(=O)c2ccccc2)c1)c1ccc(N2COCCS2(=O)=O)cc1. The molecule has 1 saturated heterocycles. The summed E-state index contributed by atoms with van der Waals surface area (Å²) in [4.78, 5) is 25.1. The zero-order valence-electron chi connectivity index (χ0n) is 17.3. The van der Waals surface area contributed by atoms with Crippen LogP contribution in [0.2, 0.25) is 5.02 Å². The van der Waals surface area contributed by atoms with E-state index >= 15 is 0 Å². The molecule has 0 radical (unpaired) electrons. The second kappa shape index (κ2) is 9.62. The molecule has 10 heteroatoms. The van der Waals surface area contributed by atoms with E-state index in [4.69, 9.17) is 16.3 Å². The number of carbonyl (C=O) groups is 2. The summed E-state index contributed by atoms with van der Waals surface area (Å²) in [5, 5.41) is 5.81. The van der Waals surface area contributed by atoms with Crippen molar-refractivity contribution < 1.29 is 22.7 Å². The Kier molecular flexibility index (Phi) is 6.64. The molecule has 1 fully saturated rings. The van der Waals surface area contributed by atoms with E-state index in [2.05, 4.69) is 10.6 Å². The van der Waals surface area contributed by atoms with Crippen molar-refractivity contribution in [1.82, 2.24) is 0 Å². The Hall–Kier alpha value is -3.40. The maximum atomic E-state index is 12.7. The summed E-state index contributed by atoms with van der Waals surface area (Å²) in [6.07, 6.45) is 0. The zero-order valence-corrected chi connectivity index (χ0v) is 18.9. The fourth-order valence-corrected chi connectivity index (χ4v) is 4.59. The van der Waals surface area contributed by atoms with Crippen LogP contribution >= 0.6 is 11.6 Å². The van der Waals surface area contributed by atoms with E-state index in [0.29, 0.717) is 33.2 Å². The van der Waals surface area contributed by atoms with Gasteiger partial charge in [0.2, 0.25) is 10.0 Å². The summed E-state index contributed by atoms with van der Waals surface area (Å²) in [5.74, 6) is -0.815. The molecule has 4 rings (SSSR count). The minimum atomic E-state index is -3.44. The molecule has 33 heavy (non-hydrogen) atoms. The van der Waals surface area contributed by atoms with Gasteiger partial charge in [0, 0.05) is 16.8 Å². The van der Waals surface area contributed by atoms with Crippen LogP contribution in [0.1, 0.15) is 20.7 Å². The van der Waals surface area contributed by atoms with Crippen LogP contribution < -0.4 is 14.9 Å². The molecular weight excluding hydrogens is 466 g/mol. The Morgan fingerprint density at radius 1 is 0.879 bits per heavy atom. The predicted molar refractivity (Wildman–Crippen MR) is 127 cm³/mol. The molecule has 2 amide bonds. The van der Waals surface area contributed by atoms with E-state index in [1.807, 2.05) is 6.07 Å². The molecule has 0 unspecified atom stereocenters. The summed E-state index contributed by atoms with van der Waals surface area (Å²) in [6.45, 7) is 0.102. The second-order valence-corrected chi connectivity index (χ2v) is 9.64. The van der Waals surface area contributed by atoms with Gasteiger partial charge in [-0.15, -0.1) is 0 Å². The molecular formula is C23H20ClN3O5S. The van der Waals surface area contributed by atoms with Gasteiger partial charge in [-0.25, -0.2) is 12.7 Å². The van der Waals surface area contributed by atoms with Crippen LogP contribution in [0.25, 0.3) is 0 Å². The van der Waals surface area contributed by atoms with Crippen LogP contribution in [0.5, 0.6) is 0 Å². The summed E-state index contributed by atoms with van der Waals surface area (Å²) in [6, 6.07) is 19.6. The van der Waals surface area contributed by atoms with Gasteiger partial charge in [0.05, 0.1) is 28.8 Å². The highest BCUT2D eigenvalue weighted by Crippen LogP contribution is 2.27. The van der Waals surface area contributed by atoms with Gasteiger partial charge in [-0.05, 0) is 54.6 Å². The van der Waals surface area contributed by atoms with Crippen LogP contribution in [0, 0.1) is 0 Å². The quantitative estimate of drug-likeness (QED) is 0.569. The third-order valence-corrected chi connectivity index (χ3v) is 6.96. The topological polar surface area (TPSA) is 105 Å². The number of hydrogen-bond acceptors (Lipinski definition) is 5. The number of amides is 2. The molecule has 0 aliphatic carbocycles. The second-order valence-electron chi connectivity index (χ2n) is 7.22. The van der Waals surface area contributed by atoms with Crippen LogP contribution in [0.3, 0.4) is 0 Å². The summed E-state index contributed by atoms with van der Waals surface area (Å²) in [7, 11) is -3.44. The average molecular weight is 486 g/mol. The molecule has 8 nitrogen and oxygen atoms in total. The van der Waals surface area contributed by atoms with Crippen LogP contribution in [-0.2, 0) is 14.8 Å². The molecule has 3 aromatic carbocycles. The van der Waals surface area contributed by atoms with Crippen molar-refractivity contribution in [3.63, 3.8) is 0 Å². The molecule has 0 saturated carbocycles. The van der Waals surface area contributed by atoms with Crippen molar-refractivity contribution in [2.45, 2.75) is 0 Å². The summed E-state index contributed by atoms with van der Waals surface area (Å²) >= 11 is 6.20. The van der Waals surface area contributed by atoms with Crippen molar-refractivity contribution in [3.8, 4) is 0 Å². The third kappa shape index (κ3) is 5.33. The lowest BCUT2D eigenvalue weighted by molar-refractivity contribution is 0.101. The Bertz CT molecular complexity index is 1280. The van der Waals surface area contributed by atoms with Crippen LogP contribution in [0.4, 0.5) is 17.1 Å². The van der Waals surface area contributed by atoms with Gasteiger partial charge >= 0.3 is 0 Å². The number of carbonyl (C=O) groups excluding carboxylic acids is 2. The van der Waals surface area contributed by atoms with E-state index in [0.717, 1.165) is 0 Å². The minimum Gasteiger partial charge on any atom is -0.359 e. The molecule has 0 aromatic heterocycles. The zero-order chi connectivity index (χ0) is 23.4. The molecule has 1 aliphatic heterocycles. The third-order valence-electron chi connectivity index (χ3n) is 4.96. The highest BCUT2D eigenvalue weighted by Gasteiger charge is 2.26. The lowest BCUT2D eigenvalue weighted by Crippen LogP contribution is -2.41. The molecule has 0 spiro atoms. The summed E-state index contributed by atoms with van der Waals surface area (Å²) in [5.41, 5.74) is 2.02. The fourth-order valence-electron chi connectivity index (χ4n) is 3.20. The van der Waals surface area contributed by atoms with Gasteiger partial charge in [0.15, 0.2) is 0 Å². The summed E-state index contributed by atoms with van der Waals surface area (Å²) < 4.78 is 30.8. The first-order chi connectivity index (χ1) is 15.8. The molecule has 1 aliphatic rings. The van der Waals surface area contributed by atoms with Gasteiger partial charge in [-0.1, -0.05) is 29.8 Å². The van der Waals surface area contributed by atoms with Crippen molar-refractivity contribution in [3.05, 3.63) is 88.9 Å².